The molecule has 0 fully saturated rings. The summed E-state index contributed by atoms with van der Waals surface area (Å²) >= 11 is 0. The second kappa shape index (κ2) is 7.55. The summed E-state index contributed by atoms with van der Waals surface area (Å²) in [4.78, 5) is 35.2. The number of ketones is 1. The van der Waals surface area contributed by atoms with Gasteiger partial charge in [-0.3, -0.25) is 9.36 Å². The first-order valence-corrected chi connectivity index (χ1v) is 8.27. The highest BCUT2D eigenvalue weighted by molar-refractivity contribution is 5.98. The van der Waals surface area contributed by atoms with Crippen molar-refractivity contribution in [2.45, 2.75) is 45.6 Å². The number of alkyl carbamates (subject to hydrolysis) is 1. The molecule has 0 saturated carbocycles. The zero-order chi connectivity index (χ0) is 18.6. The Morgan fingerprint density at radius 1 is 1.24 bits per heavy atom. The highest BCUT2D eigenvalue weighted by Crippen LogP contribution is 2.16. The van der Waals surface area contributed by atoms with Gasteiger partial charge in [0.1, 0.15) is 5.60 Å². The Balaban J connectivity index is 1.79. The summed E-state index contributed by atoms with van der Waals surface area (Å²) in [6.07, 6.45) is 1.22. The van der Waals surface area contributed by atoms with Gasteiger partial charge in [-0.1, -0.05) is 0 Å². The number of nitrogens with zero attached hydrogens (tertiary/aromatic N) is 1. The lowest BCUT2D eigenvalue weighted by Gasteiger charge is -2.19. The summed E-state index contributed by atoms with van der Waals surface area (Å²) in [6.45, 7) is 5.86. The zero-order valence-electron chi connectivity index (χ0n) is 15.0. The molecule has 1 aromatic heterocycles. The predicted octanol–water partition coefficient (Wildman–Crippen LogP) is 3.01. The van der Waals surface area contributed by atoms with E-state index in [1.54, 1.807) is 46.0 Å². The molecule has 136 valence electrons. The number of oxazole rings is 1. The van der Waals surface area contributed by atoms with E-state index in [-0.39, 0.29) is 5.78 Å². The molecule has 0 atom stereocenters. The minimum absolute atomic E-state index is 0.0225. The largest absolute Gasteiger partial charge is 0.444 e. The highest BCUT2D eigenvalue weighted by atomic mass is 16.6. The molecule has 7 nitrogen and oxygen atoms in total. The molecule has 0 aliphatic carbocycles. The fraction of sp³-hybridized carbons (Fsp3) is 0.500. The van der Waals surface area contributed by atoms with Crippen molar-refractivity contribution in [2.24, 2.45) is 7.05 Å². The molecule has 0 aliphatic rings. The molecule has 2 aromatic rings. The number of hydrogen-bond acceptors (Lipinski definition) is 5. The van der Waals surface area contributed by atoms with E-state index in [1.165, 1.54) is 4.57 Å². The number of benzene rings is 1. The van der Waals surface area contributed by atoms with E-state index < -0.39 is 17.5 Å². The molecule has 1 heterocycles. The SMILES string of the molecule is Cn1c(=O)oc2cc(C(=O)CCCCNC(=O)OC(C)(C)C)ccc21. The molecule has 0 saturated heterocycles. The molecule has 0 unspecified atom stereocenters. The minimum atomic E-state index is -0.523. The Morgan fingerprint density at radius 2 is 1.96 bits per heavy atom. The smallest absolute Gasteiger partial charge is 0.419 e. The summed E-state index contributed by atoms with van der Waals surface area (Å²) in [7, 11) is 1.62. The lowest BCUT2D eigenvalue weighted by atomic mass is 10.1. The van der Waals surface area contributed by atoms with Crippen LogP contribution in [0, 0.1) is 0 Å². The van der Waals surface area contributed by atoms with E-state index in [9.17, 15) is 14.4 Å². The van der Waals surface area contributed by atoms with Crippen LogP contribution in [0.15, 0.2) is 27.4 Å². The first-order chi connectivity index (χ1) is 11.7. The highest BCUT2D eigenvalue weighted by Gasteiger charge is 2.15. The standard InChI is InChI=1S/C18H24N2O5/c1-18(2,3)25-16(22)19-10-6-5-7-14(21)12-8-9-13-15(11-12)24-17(23)20(13)4/h8-9,11H,5-7,10H2,1-4H3,(H,19,22). The van der Waals surface area contributed by atoms with Gasteiger partial charge in [0.25, 0.3) is 0 Å². The molecule has 2 rings (SSSR count). The number of Topliss-reactive ketones (excluding diaryl/α,β-unsaturated/α-hetero) is 1. The van der Waals surface area contributed by atoms with Crippen LogP contribution < -0.4 is 11.1 Å². The van der Waals surface area contributed by atoms with Crippen LogP contribution in [0.5, 0.6) is 0 Å². The summed E-state index contributed by atoms with van der Waals surface area (Å²) in [5.74, 6) is -0.474. The molecule has 0 aliphatic heterocycles. The van der Waals surface area contributed by atoms with E-state index in [2.05, 4.69) is 5.32 Å². The second-order valence-electron chi connectivity index (χ2n) is 6.92. The van der Waals surface area contributed by atoms with Gasteiger partial charge in [-0.25, -0.2) is 9.59 Å². The zero-order valence-corrected chi connectivity index (χ0v) is 15.0. The van der Waals surface area contributed by atoms with Gasteiger partial charge in [-0.2, -0.15) is 0 Å². The fourth-order valence-corrected chi connectivity index (χ4v) is 2.37. The summed E-state index contributed by atoms with van der Waals surface area (Å²) in [5.41, 5.74) is 1.06. The Morgan fingerprint density at radius 3 is 2.64 bits per heavy atom. The van der Waals surface area contributed by atoms with Gasteiger partial charge in [0.05, 0.1) is 5.52 Å². The van der Waals surface area contributed by atoms with Crippen molar-refractivity contribution in [3.63, 3.8) is 0 Å². The van der Waals surface area contributed by atoms with Gasteiger partial charge < -0.3 is 14.5 Å². The van der Waals surface area contributed by atoms with E-state index in [0.29, 0.717) is 42.5 Å². The average Bonchev–Trinajstić information content (AvgIpc) is 2.79. The van der Waals surface area contributed by atoms with Crippen molar-refractivity contribution in [3.8, 4) is 0 Å². The van der Waals surface area contributed by atoms with Crippen molar-refractivity contribution in [1.29, 1.82) is 0 Å². The van der Waals surface area contributed by atoms with Gasteiger partial charge in [-0.05, 0) is 51.8 Å². The quantitative estimate of drug-likeness (QED) is 0.640. The Labute approximate surface area is 145 Å². The number of aromatic nitrogens is 1. The van der Waals surface area contributed by atoms with Crippen LogP contribution in [0.1, 0.15) is 50.4 Å². The number of aryl methyl sites for hydroxylation is 1. The van der Waals surface area contributed by atoms with Gasteiger partial charge in [0, 0.05) is 25.6 Å². The molecular formula is C18H24N2O5. The van der Waals surface area contributed by atoms with Crippen molar-refractivity contribution >= 4 is 23.0 Å². The maximum absolute atomic E-state index is 12.2. The lowest BCUT2D eigenvalue weighted by Crippen LogP contribution is -2.33. The van der Waals surface area contributed by atoms with E-state index in [0.717, 1.165) is 0 Å². The number of unbranched alkanes of at least 4 members (excludes halogenated alkanes) is 1. The molecule has 1 aromatic carbocycles. The molecule has 0 radical (unpaired) electrons. The second-order valence-corrected chi connectivity index (χ2v) is 6.92. The number of amides is 1. The van der Waals surface area contributed by atoms with Crippen molar-refractivity contribution in [2.75, 3.05) is 6.54 Å². The first kappa shape index (κ1) is 18.8. The molecule has 1 amide bonds. The fourth-order valence-electron chi connectivity index (χ4n) is 2.37. The number of hydrogen-bond donors (Lipinski definition) is 1. The van der Waals surface area contributed by atoms with Crippen LogP contribution in [-0.2, 0) is 11.8 Å². The number of fused-ring (bicyclic) bond motifs is 1. The average molecular weight is 348 g/mol. The minimum Gasteiger partial charge on any atom is -0.444 e. The molecular weight excluding hydrogens is 324 g/mol. The van der Waals surface area contributed by atoms with Crippen LogP contribution >= 0.6 is 0 Å². The lowest BCUT2D eigenvalue weighted by molar-refractivity contribution is 0.0527. The van der Waals surface area contributed by atoms with Crippen LogP contribution in [0.3, 0.4) is 0 Å². The van der Waals surface area contributed by atoms with Crippen LogP contribution in [0.25, 0.3) is 11.1 Å². The number of rotatable bonds is 6. The van der Waals surface area contributed by atoms with Crippen molar-refractivity contribution < 1.29 is 18.7 Å². The maximum atomic E-state index is 12.2. The van der Waals surface area contributed by atoms with Crippen molar-refractivity contribution in [1.82, 2.24) is 9.88 Å². The predicted molar refractivity (Wildman–Crippen MR) is 93.9 cm³/mol. The maximum Gasteiger partial charge on any atom is 0.419 e. The molecule has 25 heavy (non-hydrogen) atoms. The number of nitrogens with one attached hydrogen (secondary N) is 1. The monoisotopic (exact) mass is 348 g/mol. The summed E-state index contributed by atoms with van der Waals surface area (Å²) in [5, 5.41) is 2.66. The number of ether oxygens (including phenoxy) is 1. The molecule has 0 bridgehead atoms. The third kappa shape index (κ3) is 5.20. The summed E-state index contributed by atoms with van der Waals surface area (Å²) in [6, 6.07) is 4.99. The van der Waals surface area contributed by atoms with Crippen LogP contribution in [-0.4, -0.2) is 28.6 Å². The Bertz CT molecular complexity index is 826. The molecule has 1 N–H and O–H groups in total. The van der Waals surface area contributed by atoms with Gasteiger partial charge in [0.15, 0.2) is 11.4 Å². The van der Waals surface area contributed by atoms with E-state index in [1.807, 2.05) is 0 Å². The first-order valence-electron chi connectivity index (χ1n) is 8.27. The van der Waals surface area contributed by atoms with Crippen LogP contribution in [0.2, 0.25) is 0 Å². The number of carbonyl (C=O) groups is 2. The van der Waals surface area contributed by atoms with E-state index >= 15 is 0 Å². The number of carbonyl (C=O) groups excluding carboxylic acids is 2. The van der Waals surface area contributed by atoms with Crippen molar-refractivity contribution in [3.05, 3.63) is 34.3 Å². The summed E-state index contributed by atoms with van der Waals surface area (Å²) < 4.78 is 11.6. The third-order valence-corrected chi connectivity index (χ3v) is 3.61. The molecule has 0 spiro atoms. The topological polar surface area (TPSA) is 90.5 Å². The van der Waals surface area contributed by atoms with Gasteiger partial charge >= 0.3 is 11.8 Å². The molecule has 7 heteroatoms. The third-order valence-electron chi connectivity index (χ3n) is 3.61. The van der Waals surface area contributed by atoms with Gasteiger partial charge in [-0.15, -0.1) is 0 Å². The van der Waals surface area contributed by atoms with E-state index in [4.69, 9.17) is 9.15 Å². The Hall–Kier alpha value is -2.57. The van der Waals surface area contributed by atoms with Crippen LogP contribution in [0.4, 0.5) is 4.79 Å². The normalized spacial score (nSPS) is 11.5. The van der Waals surface area contributed by atoms with Gasteiger partial charge in [0.2, 0.25) is 0 Å². The Kier molecular flexibility index (Phi) is 5.66.